The molecule has 0 spiro atoms. The fourth-order valence-electron chi connectivity index (χ4n) is 1.82. The van der Waals surface area contributed by atoms with E-state index < -0.39 is 0 Å². The van der Waals surface area contributed by atoms with Gasteiger partial charge in [-0.2, -0.15) is 48.5 Å². The van der Waals surface area contributed by atoms with Crippen molar-refractivity contribution in [3.63, 3.8) is 0 Å². The average molecular weight is 404 g/mol. The molecule has 3 rings (SSSR count). The van der Waals surface area contributed by atoms with Gasteiger partial charge in [0.2, 0.25) is 0 Å². The first-order valence-electron chi connectivity index (χ1n) is 5.81. The molecule has 0 aromatic heterocycles. The molecule has 0 aliphatic heterocycles. The van der Waals surface area contributed by atoms with E-state index in [2.05, 4.69) is 24.3 Å². The molecule has 0 fully saturated rings. The van der Waals surface area contributed by atoms with Crippen molar-refractivity contribution in [1.82, 2.24) is 0 Å². The summed E-state index contributed by atoms with van der Waals surface area (Å²) in [5.41, 5.74) is 4.10. The quantitative estimate of drug-likeness (QED) is 0.562. The van der Waals surface area contributed by atoms with Crippen LogP contribution in [0.1, 0.15) is 0 Å². The van der Waals surface area contributed by atoms with E-state index >= 15 is 0 Å². The van der Waals surface area contributed by atoms with Gasteiger partial charge in [0, 0.05) is 65.4 Å². The molecular formula is C18H10Y2-4. The Bertz CT molecular complexity index is 558. The minimum absolute atomic E-state index is 0. The number of hydrogen-bond acceptors (Lipinski definition) is 0. The molecule has 0 saturated carbocycles. The molecule has 3 aromatic carbocycles. The van der Waals surface area contributed by atoms with Gasteiger partial charge in [-0.05, 0) is 0 Å². The molecular weight excluding hydrogens is 394 g/mol. The molecule has 0 amide bonds. The molecule has 0 nitrogen and oxygen atoms in total. The second-order valence-electron chi connectivity index (χ2n) is 3.96. The molecule has 0 aliphatic rings. The van der Waals surface area contributed by atoms with E-state index in [-0.39, 0.29) is 65.4 Å². The Morgan fingerprint density at radius 2 is 0.950 bits per heavy atom. The van der Waals surface area contributed by atoms with Crippen molar-refractivity contribution in [2.75, 3.05) is 0 Å². The van der Waals surface area contributed by atoms with Gasteiger partial charge in [0.05, 0.1) is 0 Å². The minimum atomic E-state index is 0. The Hall–Kier alpha value is -0.132. The van der Waals surface area contributed by atoms with E-state index in [4.69, 9.17) is 0 Å². The maximum absolute atomic E-state index is 3.27. The minimum Gasteiger partial charge on any atom is -0.247 e. The van der Waals surface area contributed by atoms with Gasteiger partial charge in [-0.15, -0.1) is 12.1 Å². The van der Waals surface area contributed by atoms with Crippen molar-refractivity contribution in [3.8, 4) is 22.3 Å². The van der Waals surface area contributed by atoms with Crippen LogP contribution in [0.2, 0.25) is 0 Å². The summed E-state index contributed by atoms with van der Waals surface area (Å²) >= 11 is 0. The molecule has 0 N–H and O–H groups in total. The first kappa shape index (κ1) is 17.9. The fourth-order valence-corrected chi connectivity index (χ4v) is 1.82. The summed E-state index contributed by atoms with van der Waals surface area (Å²) in [6.45, 7) is 0. The fraction of sp³-hybridized carbons (Fsp3) is 0. The predicted octanol–water partition coefficient (Wildman–Crippen LogP) is 4.22. The van der Waals surface area contributed by atoms with Crippen LogP contribution in [0.15, 0.2) is 60.7 Å². The maximum atomic E-state index is 3.27. The zero-order valence-corrected chi connectivity index (χ0v) is 16.6. The van der Waals surface area contributed by atoms with Gasteiger partial charge in [-0.1, -0.05) is 0 Å². The van der Waals surface area contributed by atoms with Crippen LogP contribution < -0.4 is 0 Å². The zero-order chi connectivity index (χ0) is 12.2. The summed E-state index contributed by atoms with van der Waals surface area (Å²) in [5.74, 6) is 0. The summed E-state index contributed by atoms with van der Waals surface area (Å²) in [5, 5.41) is 0. The SMILES string of the molecule is [Y].[Y].[c-]1cc(-c2[c-]cccc2)[c-]cc1-c1[c-]cccc1. The molecule has 92 valence electrons. The van der Waals surface area contributed by atoms with Gasteiger partial charge in [-0.3, -0.25) is 0 Å². The average Bonchev–Trinajstić information content (AvgIpc) is 2.49. The van der Waals surface area contributed by atoms with Crippen LogP contribution in [0, 0.1) is 24.3 Å². The second-order valence-corrected chi connectivity index (χ2v) is 3.96. The third-order valence-electron chi connectivity index (χ3n) is 2.74. The number of hydrogen-bond donors (Lipinski definition) is 0. The van der Waals surface area contributed by atoms with Gasteiger partial charge in [0.1, 0.15) is 0 Å². The van der Waals surface area contributed by atoms with Crippen LogP contribution in [0.4, 0.5) is 0 Å². The molecule has 0 aliphatic carbocycles. The monoisotopic (exact) mass is 404 g/mol. The van der Waals surface area contributed by atoms with Crippen molar-refractivity contribution in [1.29, 1.82) is 0 Å². The topological polar surface area (TPSA) is 0 Å². The summed E-state index contributed by atoms with van der Waals surface area (Å²) < 4.78 is 0. The van der Waals surface area contributed by atoms with Gasteiger partial charge in [0.25, 0.3) is 0 Å². The zero-order valence-electron chi connectivity index (χ0n) is 10.9. The Morgan fingerprint density at radius 3 is 1.25 bits per heavy atom. The Morgan fingerprint density at radius 1 is 0.500 bits per heavy atom. The standard InChI is InChI=1S/C18H10.2Y/c1-3-7-15(8-4-1)17-11-13-18(14-12-17)16-9-5-2-6-10-16;;/h1-7,9,11,14H;;/q-4;;. The Labute approximate surface area is 170 Å². The van der Waals surface area contributed by atoms with Crippen molar-refractivity contribution in [2.45, 2.75) is 0 Å². The van der Waals surface area contributed by atoms with E-state index in [1.807, 2.05) is 60.7 Å². The summed E-state index contributed by atoms with van der Waals surface area (Å²) in [4.78, 5) is 0. The molecule has 0 heterocycles. The molecule has 2 heteroatoms. The van der Waals surface area contributed by atoms with Crippen LogP contribution in [0.3, 0.4) is 0 Å². The molecule has 2 radical (unpaired) electrons. The molecule has 0 bridgehead atoms. The summed E-state index contributed by atoms with van der Waals surface area (Å²) in [6.07, 6.45) is 0. The van der Waals surface area contributed by atoms with E-state index in [9.17, 15) is 0 Å². The van der Waals surface area contributed by atoms with Crippen LogP contribution in [-0.2, 0) is 65.4 Å². The summed E-state index contributed by atoms with van der Waals surface area (Å²) in [7, 11) is 0. The Balaban J connectivity index is 0.000001000. The first-order valence-corrected chi connectivity index (χ1v) is 5.81. The van der Waals surface area contributed by atoms with Crippen LogP contribution in [-0.4, -0.2) is 0 Å². The first-order chi connectivity index (χ1) is 8.93. The van der Waals surface area contributed by atoms with E-state index in [1.165, 1.54) is 0 Å². The van der Waals surface area contributed by atoms with Gasteiger partial charge in [0.15, 0.2) is 0 Å². The smallest absolute Gasteiger partial charge is 0 e. The van der Waals surface area contributed by atoms with Gasteiger partial charge < -0.3 is 0 Å². The van der Waals surface area contributed by atoms with Crippen LogP contribution in [0.5, 0.6) is 0 Å². The third kappa shape index (κ3) is 4.43. The third-order valence-corrected chi connectivity index (χ3v) is 2.74. The Kier molecular flexibility index (Phi) is 8.07. The number of rotatable bonds is 2. The molecule has 0 unspecified atom stereocenters. The normalized spacial score (nSPS) is 9.20. The van der Waals surface area contributed by atoms with Crippen molar-refractivity contribution >= 4 is 0 Å². The van der Waals surface area contributed by atoms with Crippen molar-refractivity contribution in [3.05, 3.63) is 84.9 Å². The predicted molar refractivity (Wildman–Crippen MR) is 72.7 cm³/mol. The second kappa shape index (κ2) is 9.00. The largest absolute Gasteiger partial charge is 0.247 e. The molecule has 0 atom stereocenters. The number of benzene rings is 3. The van der Waals surface area contributed by atoms with Crippen LogP contribution >= 0.6 is 0 Å². The van der Waals surface area contributed by atoms with E-state index in [0.717, 1.165) is 22.3 Å². The van der Waals surface area contributed by atoms with Gasteiger partial charge >= 0.3 is 0 Å². The van der Waals surface area contributed by atoms with Crippen molar-refractivity contribution < 1.29 is 65.4 Å². The molecule has 20 heavy (non-hydrogen) atoms. The van der Waals surface area contributed by atoms with E-state index in [1.54, 1.807) is 0 Å². The molecule has 0 saturated heterocycles. The summed E-state index contributed by atoms with van der Waals surface area (Å²) in [6, 6.07) is 32.6. The maximum Gasteiger partial charge on any atom is 0 e. The van der Waals surface area contributed by atoms with Crippen LogP contribution in [0.25, 0.3) is 22.3 Å². The van der Waals surface area contributed by atoms with E-state index in [0.29, 0.717) is 0 Å². The molecule has 3 aromatic rings. The van der Waals surface area contributed by atoms with Crippen molar-refractivity contribution in [2.24, 2.45) is 0 Å². The van der Waals surface area contributed by atoms with Gasteiger partial charge in [-0.25, -0.2) is 46.5 Å².